The summed E-state index contributed by atoms with van der Waals surface area (Å²) in [6, 6.07) is 13.6. The molecule has 29 heavy (non-hydrogen) atoms. The summed E-state index contributed by atoms with van der Waals surface area (Å²) in [5.41, 5.74) is -0.0290. The molecule has 0 aliphatic heterocycles. The van der Waals surface area contributed by atoms with Crippen molar-refractivity contribution in [1.82, 2.24) is 4.40 Å². The molecule has 0 N–H and O–H groups in total. The van der Waals surface area contributed by atoms with E-state index in [4.69, 9.17) is 0 Å². The van der Waals surface area contributed by atoms with E-state index in [0.717, 1.165) is 6.07 Å². The molecule has 0 aliphatic carbocycles. The molecule has 0 spiro atoms. The summed E-state index contributed by atoms with van der Waals surface area (Å²) in [7, 11) is 0. The van der Waals surface area contributed by atoms with Gasteiger partial charge in [0.25, 0.3) is 0 Å². The highest BCUT2D eigenvalue weighted by atomic mass is 19.2. The molecule has 0 unspecified atom stereocenters. The van der Waals surface area contributed by atoms with Gasteiger partial charge in [0, 0.05) is 10.9 Å². The van der Waals surface area contributed by atoms with Crippen LogP contribution in [0.1, 0.15) is 0 Å². The van der Waals surface area contributed by atoms with Crippen molar-refractivity contribution < 1.29 is 26.3 Å². The number of pyridine rings is 1. The Morgan fingerprint density at radius 2 is 1.14 bits per heavy atom. The molecule has 0 saturated carbocycles. The second kappa shape index (κ2) is 6.01. The molecule has 0 saturated heterocycles. The van der Waals surface area contributed by atoms with E-state index in [1.54, 1.807) is 34.7 Å². The van der Waals surface area contributed by atoms with Crippen molar-refractivity contribution in [3.63, 3.8) is 0 Å². The molecule has 1 nitrogen and oxygen atoms in total. The molecule has 5 aromatic rings. The Morgan fingerprint density at radius 1 is 0.517 bits per heavy atom. The van der Waals surface area contributed by atoms with Gasteiger partial charge in [-0.05, 0) is 41.8 Å². The molecular weight excluding hydrogens is 392 g/mol. The molecule has 3 aromatic carbocycles. The van der Waals surface area contributed by atoms with E-state index in [0.29, 0.717) is 21.8 Å². The fraction of sp³-hybridized carbons (Fsp3) is 0. The number of benzene rings is 3. The van der Waals surface area contributed by atoms with Gasteiger partial charge < -0.3 is 4.40 Å². The molecule has 144 valence electrons. The molecule has 2 heterocycles. The van der Waals surface area contributed by atoms with Gasteiger partial charge in [0.05, 0.1) is 22.1 Å². The smallest absolute Gasteiger partial charge is 0.200 e. The van der Waals surface area contributed by atoms with E-state index in [9.17, 15) is 26.3 Å². The molecule has 0 aliphatic rings. The van der Waals surface area contributed by atoms with Crippen LogP contribution in [0, 0.1) is 34.9 Å². The van der Waals surface area contributed by atoms with Crippen LogP contribution in [0.15, 0.2) is 54.6 Å². The van der Waals surface area contributed by atoms with Gasteiger partial charge in [-0.25, -0.2) is 26.3 Å². The van der Waals surface area contributed by atoms with Gasteiger partial charge in [0.15, 0.2) is 23.3 Å². The highest BCUT2D eigenvalue weighted by molar-refractivity contribution is 6.01. The second-order valence-electron chi connectivity index (χ2n) is 6.63. The first-order valence-corrected chi connectivity index (χ1v) is 8.52. The third-order valence-electron chi connectivity index (χ3n) is 5.00. The van der Waals surface area contributed by atoms with Crippen LogP contribution in [0.5, 0.6) is 0 Å². The molecule has 0 radical (unpaired) electrons. The summed E-state index contributed by atoms with van der Waals surface area (Å²) in [6.45, 7) is 0. The van der Waals surface area contributed by atoms with Crippen molar-refractivity contribution in [2.24, 2.45) is 0 Å². The van der Waals surface area contributed by atoms with E-state index in [-0.39, 0.29) is 11.1 Å². The van der Waals surface area contributed by atoms with Crippen molar-refractivity contribution in [2.45, 2.75) is 0 Å². The lowest BCUT2D eigenvalue weighted by Crippen LogP contribution is -2.05. The van der Waals surface area contributed by atoms with Crippen LogP contribution in [-0.2, 0) is 0 Å². The fourth-order valence-corrected chi connectivity index (χ4v) is 3.72. The van der Waals surface area contributed by atoms with Gasteiger partial charge in [0.2, 0.25) is 5.82 Å². The van der Waals surface area contributed by atoms with Crippen LogP contribution >= 0.6 is 0 Å². The molecular formula is C22H9F6N. The highest BCUT2D eigenvalue weighted by Crippen LogP contribution is 2.38. The van der Waals surface area contributed by atoms with Crippen LogP contribution in [0.4, 0.5) is 26.3 Å². The van der Waals surface area contributed by atoms with Gasteiger partial charge in [-0.2, -0.15) is 0 Å². The maximum atomic E-state index is 14.5. The second-order valence-corrected chi connectivity index (χ2v) is 6.63. The first kappa shape index (κ1) is 17.6. The first-order valence-electron chi connectivity index (χ1n) is 8.52. The third-order valence-corrected chi connectivity index (χ3v) is 5.00. The number of nitrogens with zero attached hydrogens (tertiary/aromatic N) is 1. The first-order chi connectivity index (χ1) is 13.9. The van der Waals surface area contributed by atoms with Gasteiger partial charge in [-0.1, -0.05) is 18.2 Å². The maximum Gasteiger partial charge on any atom is 0.200 e. The van der Waals surface area contributed by atoms with Crippen molar-refractivity contribution in [2.75, 3.05) is 0 Å². The number of rotatable bonds is 1. The Balaban J connectivity index is 2.05. The lowest BCUT2D eigenvalue weighted by atomic mass is 10.0. The Bertz CT molecular complexity index is 1440. The number of halogens is 6. The summed E-state index contributed by atoms with van der Waals surface area (Å²) in [4.78, 5) is 0. The predicted octanol–water partition coefficient (Wildman–Crippen LogP) is 6.75. The van der Waals surface area contributed by atoms with Crippen LogP contribution in [0.2, 0.25) is 0 Å². The maximum absolute atomic E-state index is 14.5. The Hall–Kier alpha value is -3.48. The van der Waals surface area contributed by atoms with E-state index < -0.39 is 40.5 Å². The molecule has 7 heteroatoms. The average molecular weight is 401 g/mol. The number of fused-ring (bicyclic) bond motifs is 5. The largest absolute Gasteiger partial charge is 0.309 e. The van der Waals surface area contributed by atoms with Crippen LogP contribution in [-0.4, -0.2) is 4.40 Å². The molecule has 0 amide bonds. The van der Waals surface area contributed by atoms with Crippen molar-refractivity contribution in [3.05, 3.63) is 89.5 Å². The zero-order valence-electron chi connectivity index (χ0n) is 14.4. The monoisotopic (exact) mass is 401 g/mol. The fourth-order valence-electron chi connectivity index (χ4n) is 3.72. The van der Waals surface area contributed by atoms with E-state index in [1.807, 2.05) is 0 Å². The molecule has 0 atom stereocenters. The minimum atomic E-state index is -2.22. The van der Waals surface area contributed by atoms with Crippen molar-refractivity contribution in [3.8, 4) is 11.1 Å². The van der Waals surface area contributed by atoms with Crippen molar-refractivity contribution >= 4 is 27.3 Å². The SMILES string of the molecule is Fc1ccc2cc(-c3c(F)c(F)c(F)c(F)c3F)c3cc4ccccc4n3c2c1. The van der Waals surface area contributed by atoms with Gasteiger partial charge in [-0.15, -0.1) is 0 Å². The Labute approximate surface area is 159 Å². The lowest BCUT2D eigenvalue weighted by molar-refractivity contribution is 0.381. The van der Waals surface area contributed by atoms with Gasteiger partial charge in [-0.3, -0.25) is 0 Å². The van der Waals surface area contributed by atoms with Crippen LogP contribution < -0.4 is 0 Å². The van der Waals surface area contributed by atoms with Gasteiger partial charge in [0.1, 0.15) is 5.82 Å². The third kappa shape index (κ3) is 2.36. The number of para-hydroxylation sites is 1. The summed E-state index contributed by atoms with van der Waals surface area (Å²) >= 11 is 0. The average Bonchev–Trinajstić information content (AvgIpc) is 3.11. The minimum Gasteiger partial charge on any atom is -0.309 e. The van der Waals surface area contributed by atoms with Crippen LogP contribution in [0.25, 0.3) is 38.4 Å². The highest BCUT2D eigenvalue weighted by Gasteiger charge is 2.28. The summed E-state index contributed by atoms with van der Waals surface area (Å²) in [6.07, 6.45) is 0. The topological polar surface area (TPSA) is 4.41 Å². The standard InChI is InChI=1S/C22H9F6N/c23-12-6-5-11-7-13(17-18(24)20(26)22(28)21(27)19(17)25)16-8-10-3-1-2-4-14(10)29(16)15(11)9-12/h1-9H. The number of hydrogen-bond acceptors (Lipinski definition) is 0. The van der Waals surface area contributed by atoms with Crippen molar-refractivity contribution in [1.29, 1.82) is 0 Å². The normalized spacial score (nSPS) is 11.8. The number of hydrogen-bond donors (Lipinski definition) is 0. The summed E-state index contributed by atoms with van der Waals surface area (Å²) < 4.78 is 85.7. The van der Waals surface area contributed by atoms with E-state index >= 15 is 0 Å². The lowest BCUT2D eigenvalue weighted by Gasteiger charge is -2.13. The molecule has 0 bridgehead atoms. The quantitative estimate of drug-likeness (QED) is 0.166. The zero-order chi connectivity index (χ0) is 20.4. The summed E-state index contributed by atoms with van der Waals surface area (Å²) in [5, 5.41) is 1.04. The zero-order valence-corrected chi connectivity index (χ0v) is 14.4. The minimum absolute atomic E-state index is 0.187. The summed E-state index contributed by atoms with van der Waals surface area (Å²) in [5.74, 6) is -10.6. The molecule has 0 fully saturated rings. The van der Waals surface area contributed by atoms with E-state index in [2.05, 4.69) is 0 Å². The predicted molar refractivity (Wildman–Crippen MR) is 97.6 cm³/mol. The molecule has 2 aromatic heterocycles. The van der Waals surface area contributed by atoms with Gasteiger partial charge >= 0.3 is 0 Å². The Kier molecular flexibility index (Phi) is 3.65. The molecule has 5 rings (SSSR count). The number of aromatic nitrogens is 1. The Morgan fingerprint density at radius 3 is 1.86 bits per heavy atom. The van der Waals surface area contributed by atoms with E-state index in [1.165, 1.54) is 18.2 Å². The van der Waals surface area contributed by atoms with Crippen LogP contribution in [0.3, 0.4) is 0 Å².